The van der Waals surface area contributed by atoms with Gasteiger partial charge in [-0.1, -0.05) is 31.2 Å². The van der Waals surface area contributed by atoms with Crippen LogP contribution in [0.2, 0.25) is 0 Å². The van der Waals surface area contributed by atoms with Crippen LogP contribution in [0.5, 0.6) is 0 Å². The smallest absolute Gasteiger partial charge is 0.0900 e. The van der Waals surface area contributed by atoms with Crippen LogP contribution in [0.4, 0.5) is 0 Å². The molecule has 1 aromatic carbocycles. The van der Waals surface area contributed by atoms with Crippen molar-refractivity contribution in [3.8, 4) is 0 Å². The second-order valence-electron chi connectivity index (χ2n) is 5.63. The van der Waals surface area contributed by atoms with Crippen molar-refractivity contribution in [3.63, 3.8) is 0 Å². The van der Waals surface area contributed by atoms with Crippen LogP contribution in [-0.4, -0.2) is 11.5 Å². The Bertz CT molecular complexity index is 603. The van der Waals surface area contributed by atoms with Crippen molar-refractivity contribution in [2.24, 2.45) is 0 Å². The van der Waals surface area contributed by atoms with Crippen molar-refractivity contribution in [1.82, 2.24) is 10.3 Å². The van der Waals surface area contributed by atoms with Gasteiger partial charge in [0, 0.05) is 10.9 Å². The molecule has 106 valence electrons. The number of fused-ring (bicyclic) bond motifs is 1. The van der Waals surface area contributed by atoms with Gasteiger partial charge in [0.1, 0.15) is 0 Å². The van der Waals surface area contributed by atoms with Crippen LogP contribution in [0.1, 0.15) is 52.0 Å². The number of rotatable bonds is 5. The van der Waals surface area contributed by atoms with Crippen LogP contribution in [-0.2, 0) is 6.42 Å². The summed E-state index contributed by atoms with van der Waals surface area (Å²) in [5.41, 5.74) is 4.28. The molecule has 2 unspecified atom stereocenters. The van der Waals surface area contributed by atoms with Gasteiger partial charge in [0.15, 0.2) is 0 Å². The Morgan fingerprint density at radius 3 is 2.80 bits per heavy atom. The molecule has 2 atom stereocenters. The normalized spacial score (nSPS) is 18.4. The summed E-state index contributed by atoms with van der Waals surface area (Å²) in [6.07, 6.45) is 2.42. The maximum absolute atomic E-state index is 4.59. The first-order chi connectivity index (χ1) is 9.69. The van der Waals surface area contributed by atoms with Gasteiger partial charge in [0.25, 0.3) is 0 Å². The van der Waals surface area contributed by atoms with Crippen molar-refractivity contribution < 1.29 is 0 Å². The third kappa shape index (κ3) is 2.52. The number of thiazole rings is 1. The SMILES string of the molecule is CCNC(CC1Cc2ccccc21)c1sc(C)nc1C. The average molecular weight is 286 g/mol. The standard InChI is InChI=1S/C17H22N2S/c1-4-18-16(17-11(2)19-12(3)20-17)10-14-9-13-7-5-6-8-15(13)14/h5-8,14,16,18H,4,9-10H2,1-3H3. The quantitative estimate of drug-likeness (QED) is 0.893. The summed E-state index contributed by atoms with van der Waals surface area (Å²) in [4.78, 5) is 6.01. The zero-order valence-corrected chi connectivity index (χ0v) is 13.3. The molecule has 20 heavy (non-hydrogen) atoms. The maximum Gasteiger partial charge on any atom is 0.0900 e. The molecule has 0 amide bonds. The monoisotopic (exact) mass is 286 g/mol. The van der Waals surface area contributed by atoms with E-state index in [2.05, 4.69) is 55.3 Å². The summed E-state index contributed by atoms with van der Waals surface area (Å²) in [7, 11) is 0. The lowest BCUT2D eigenvalue weighted by atomic mass is 9.74. The number of aryl methyl sites for hydroxylation is 2. The highest BCUT2D eigenvalue weighted by atomic mass is 32.1. The molecule has 3 rings (SSSR count). The predicted molar refractivity (Wildman–Crippen MR) is 85.5 cm³/mol. The molecule has 2 nitrogen and oxygen atoms in total. The van der Waals surface area contributed by atoms with E-state index < -0.39 is 0 Å². The molecule has 1 N–H and O–H groups in total. The Morgan fingerprint density at radius 1 is 1.35 bits per heavy atom. The average Bonchev–Trinajstić information content (AvgIpc) is 2.74. The zero-order valence-electron chi connectivity index (χ0n) is 12.4. The van der Waals surface area contributed by atoms with Gasteiger partial charge in [-0.15, -0.1) is 11.3 Å². The third-order valence-corrected chi connectivity index (χ3v) is 5.37. The van der Waals surface area contributed by atoms with Crippen LogP contribution >= 0.6 is 11.3 Å². The van der Waals surface area contributed by atoms with Crippen molar-refractivity contribution in [2.45, 2.75) is 45.6 Å². The van der Waals surface area contributed by atoms with Gasteiger partial charge >= 0.3 is 0 Å². The lowest BCUT2D eigenvalue weighted by Gasteiger charge is -2.33. The minimum absolute atomic E-state index is 0.449. The highest BCUT2D eigenvalue weighted by molar-refractivity contribution is 7.11. The Kier molecular flexibility index (Phi) is 3.90. The van der Waals surface area contributed by atoms with E-state index in [1.165, 1.54) is 34.0 Å². The summed E-state index contributed by atoms with van der Waals surface area (Å²) >= 11 is 1.85. The van der Waals surface area contributed by atoms with Gasteiger partial charge in [-0.25, -0.2) is 4.98 Å². The topological polar surface area (TPSA) is 24.9 Å². The molecule has 1 heterocycles. The molecular weight excluding hydrogens is 264 g/mol. The Morgan fingerprint density at radius 2 is 2.15 bits per heavy atom. The summed E-state index contributed by atoms with van der Waals surface area (Å²) in [6.45, 7) is 7.43. The molecule has 0 bridgehead atoms. The Balaban J connectivity index is 1.78. The molecule has 1 aromatic heterocycles. The van der Waals surface area contributed by atoms with Crippen LogP contribution in [0, 0.1) is 13.8 Å². The molecule has 0 spiro atoms. The van der Waals surface area contributed by atoms with E-state index in [-0.39, 0.29) is 0 Å². The highest BCUT2D eigenvalue weighted by Crippen LogP contribution is 2.41. The number of benzene rings is 1. The third-order valence-electron chi connectivity index (χ3n) is 4.19. The molecule has 0 aliphatic heterocycles. The van der Waals surface area contributed by atoms with E-state index >= 15 is 0 Å². The largest absolute Gasteiger partial charge is 0.309 e. The minimum atomic E-state index is 0.449. The first kappa shape index (κ1) is 13.8. The minimum Gasteiger partial charge on any atom is -0.309 e. The first-order valence-corrected chi connectivity index (χ1v) is 8.25. The summed E-state index contributed by atoms with van der Waals surface area (Å²) in [5, 5.41) is 4.83. The van der Waals surface area contributed by atoms with E-state index in [1.807, 2.05) is 11.3 Å². The first-order valence-electron chi connectivity index (χ1n) is 7.44. The molecule has 1 aliphatic carbocycles. The van der Waals surface area contributed by atoms with E-state index in [0.29, 0.717) is 12.0 Å². The number of hydrogen-bond donors (Lipinski definition) is 1. The fraction of sp³-hybridized carbons (Fsp3) is 0.471. The van der Waals surface area contributed by atoms with Crippen molar-refractivity contribution in [3.05, 3.63) is 51.0 Å². The molecule has 0 radical (unpaired) electrons. The second-order valence-corrected chi connectivity index (χ2v) is 6.86. The van der Waals surface area contributed by atoms with Gasteiger partial charge in [-0.2, -0.15) is 0 Å². The molecule has 0 fully saturated rings. The molecule has 3 heteroatoms. The summed E-state index contributed by atoms with van der Waals surface area (Å²) < 4.78 is 0. The molecule has 2 aromatic rings. The molecule has 0 saturated heterocycles. The van der Waals surface area contributed by atoms with Gasteiger partial charge in [0.2, 0.25) is 0 Å². The molecule has 1 aliphatic rings. The fourth-order valence-corrected chi connectivity index (χ4v) is 4.27. The maximum atomic E-state index is 4.59. The van der Waals surface area contributed by atoms with Gasteiger partial charge < -0.3 is 5.32 Å². The number of nitrogens with zero attached hydrogens (tertiary/aromatic N) is 1. The number of aromatic nitrogens is 1. The highest BCUT2D eigenvalue weighted by Gasteiger charge is 2.29. The lowest BCUT2D eigenvalue weighted by molar-refractivity contribution is 0.439. The Hall–Kier alpha value is -1.19. The van der Waals surface area contributed by atoms with Crippen LogP contribution in [0.15, 0.2) is 24.3 Å². The van der Waals surface area contributed by atoms with Crippen LogP contribution in [0.25, 0.3) is 0 Å². The van der Waals surface area contributed by atoms with Crippen LogP contribution < -0.4 is 5.32 Å². The number of hydrogen-bond acceptors (Lipinski definition) is 3. The fourth-order valence-electron chi connectivity index (χ4n) is 3.26. The molecule has 0 saturated carbocycles. The van der Waals surface area contributed by atoms with E-state index in [0.717, 1.165) is 6.54 Å². The van der Waals surface area contributed by atoms with Gasteiger partial charge in [-0.3, -0.25) is 0 Å². The Labute approximate surface area is 125 Å². The second kappa shape index (κ2) is 5.66. The summed E-state index contributed by atoms with van der Waals surface area (Å²) in [6, 6.07) is 9.31. The van der Waals surface area contributed by atoms with Gasteiger partial charge in [0.05, 0.1) is 10.7 Å². The van der Waals surface area contributed by atoms with Crippen LogP contribution in [0.3, 0.4) is 0 Å². The zero-order chi connectivity index (χ0) is 14.1. The number of nitrogens with one attached hydrogen (secondary N) is 1. The van der Waals surface area contributed by atoms with E-state index in [4.69, 9.17) is 0 Å². The van der Waals surface area contributed by atoms with Gasteiger partial charge in [-0.05, 0) is 50.3 Å². The van der Waals surface area contributed by atoms with Crippen molar-refractivity contribution in [1.29, 1.82) is 0 Å². The molecular formula is C17H22N2S. The van der Waals surface area contributed by atoms with Crippen molar-refractivity contribution >= 4 is 11.3 Å². The van der Waals surface area contributed by atoms with Crippen molar-refractivity contribution in [2.75, 3.05) is 6.54 Å². The van der Waals surface area contributed by atoms with E-state index in [9.17, 15) is 0 Å². The predicted octanol–water partition coefficient (Wildman–Crippen LogP) is 4.14. The van der Waals surface area contributed by atoms with E-state index in [1.54, 1.807) is 5.56 Å². The summed E-state index contributed by atoms with van der Waals surface area (Å²) in [5.74, 6) is 0.706. The lowest BCUT2D eigenvalue weighted by Crippen LogP contribution is -2.27.